The first-order valence-electron chi connectivity index (χ1n) is 9.58. The van der Waals surface area contributed by atoms with Crippen LogP contribution in [-0.2, 0) is 4.79 Å². The molecule has 0 aromatic carbocycles. The van der Waals surface area contributed by atoms with Gasteiger partial charge < -0.3 is 5.11 Å². The van der Waals surface area contributed by atoms with E-state index in [0.29, 0.717) is 23.0 Å². The Hall–Kier alpha value is 0.0700. The molecule has 4 heteroatoms. The predicted octanol–water partition coefficient (Wildman–Crippen LogP) is 4.87. The van der Waals surface area contributed by atoms with Crippen LogP contribution >= 0.6 is 21.6 Å². The fraction of sp³-hybridized carbons (Fsp3) is 0.850. The summed E-state index contributed by atoms with van der Waals surface area (Å²) < 4.78 is 0. The van der Waals surface area contributed by atoms with Crippen molar-refractivity contribution in [2.24, 2.45) is 28.6 Å². The van der Waals surface area contributed by atoms with Crippen LogP contribution in [0.2, 0.25) is 0 Å². The van der Waals surface area contributed by atoms with E-state index < -0.39 is 0 Å². The number of aliphatic hydroxyl groups is 1. The Balaban J connectivity index is 1.69. The Morgan fingerprint density at radius 3 is 2.88 bits per heavy atom. The van der Waals surface area contributed by atoms with Gasteiger partial charge in [0.15, 0.2) is 0 Å². The molecule has 6 atom stereocenters. The van der Waals surface area contributed by atoms with Gasteiger partial charge in [-0.1, -0.05) is 40.2 Å². The van der Waals surface area contributed by atoms with Gasteiger partial charge in [-0.3, -0.25) is 4.79 Å². The van der Waals surface area contributed by atoms with E-state index in [1.165, 1.54) is 12.2 Å². The number of carbonyl (C=O) groups excluding carboxylic acids is 1. The molecule has 134 valence electrons. The summed E-state index contributed by atoms with van der Waals surface area (Å²) in [6.45, 7) is 2.26. The number of carbonyl (C=O) groups is 1. The number of hydrogen-bond donors (Lipinski definition) is 1. The maximum Gasteiger partial charge on any atom is 0.139 e. The van der Waals surface area contributed by atoms with Gasteiger partial charge in [-0.2, -0.15) is 0 Å². The van der Waals surface area contributed by atoms with Crippen molar-refractivity contribution >= 4 is 27.4 Å². The first-order valence-corrected chi connectivity index (χ1v) is 12.3. The van der Waals surface area contributed by atoms with E-state index >= 15 is 0 Å². The second-order valence-electron chi connectivity index (χ2n) is 8.74. The van der Waals surface area contributed by atoms with E-state index in [0.717, 1.165) is 50.9 Å². The van der Waals surface area contributed by atoms with Crippen molar-refractivity contribution in [1.29, 1.82) is 0 Å². The summed E-state index contributed by atoms with van der Waals surface area (Å²) in [5, 5.41) is 10.2. The normalized spacial score (nSPS) is 47.6. The molecule has 0 aliphatic heterocycles. The molecule has 0 unspecified atom stereocenters. The van der Waals surface area contributed by atoms with E-state index in [2.05, 4.69) is 19.3 Å². The Morgan fingerprint density at radius 2 is 2.08 bits per heavy atom. The van der Waals surface area contributed by atoms with Gasteiger partial charge in [-0.15, -0.1) is 0 Å². The number of allylic oxidation sites excluding steroid dienone is 1. The van der Waals surface area contributed by atoms with Gasteiger partial charge in [-0.25, -0.2) is 0 Å². The zero-order chi connectivity index (χ0) is 16.9. The van der Waals surface area contributed by atoms with Crippen LogP contribution in [-0.4, -0.2) is 29.0 Å². The molecule has 0 spiro atoms. The van der Waals surface area contributed by atoms with Crippen molar-refractivity contribution < 1.29 is 9.90 Å². The molecule has 4 aliphatic rings. The molecule has 0 bridgehead atoms. The van der Waals surface area contributed by atoms with Crippen LogP contribution in [0, 0.1) is 28.6 Å². The minimum absolute atomic E-state index is 0.0332. The minimum atomic E-state index is -0.137. The van der Waals surface area contributed by atoms with E-state index in [1.54, 1.807) is 5.57 Å². The van der Waals surface area contributed by atoms with Crippen LogP contribution in [0.4, 0.5) is 0 Å². The molecule has 3 fully saturated rings. The third-order valence-electron chi connectivity index (χ3n) is 7.95. The van der Waals surface area contributed by atoms with Gasteiger partial charge >= 0.3 is 0 Å². The molecule has 0 aromatic heterocycles. The highest BCUT2D eigenvalue weighted by Gasteiger charge is 2.59. The maximum atomic E-state index is 12.5. The highest BCUT2D eigenvalue weighted by molar-refractivity contribution is 8.76. The van der Waals surface area contributed by atoms with Gasteiger partial charge in [0.05, 0.1) is 6.10 Å². The van der Waals surface area contributed by atoms with Crippen molar-refractivity contribution in [1.82, 2.24) is 0 Å². The highest BCUT2D eigenvalue weighted by atomic mass is 33.1. The highest BCUT2D eigenvalue weighted by Crippen LogP contribution is 2.65. The number of rotatable bonds is 3. The van der Waals surface area contributed by atoms with E-state index in [9.17, 15) is 9.90 Å². The lowest BCUT2D eigenvalue weighted by Gasteiger charge is -2.57. The summed E-state index contributed by atoms with van der Waals surface area (Å²) in [5.74, 6) is 3.74. The van der Waals surface area contributed by atoms with Crippen molar-refractivity contribution in [3.05, 3.63) is 11.6 Å². The standard InChI is InChI=1S/C20H30O2S2/c1-19-9-8-17-15(16(19)5-6-18(19)22)4-3-13-11-14(21)7-10-20(13,17)12-24-23-2/h3,14-17,21H,4-12H2,1-2H3/t14-,15-,16-,17-,19-,20+/m0/s1. The average molecular weight is 367 g/mol. The first kappa shape index (κ1) is 17.5. The molecule has 4 aliphatic carbocycles. The Bertz CT molecular complexity index is 556. The average Bonchev–Trinajstić information content (AvgIpc) is 2.88. The zero-order valence-corrected chi connectivity index (χ0v) is 16.6. The molecule has 0 radical (unpaired) electrons. The second-order valence-corrected chi connectivity index (χ2v) is 11.3. The molecule has 1 N–H and O–H groups in total. The second kappa shape index (κ2) is 6.35. The number of fused-ring (bicyclic) bond motifs is 5. The lowest BCUT2D eigenvalue weighted by Crippen LogP contribution is -2.52. The van der Waals surface area contributed by atoms with Crippen LogP contribution in [0.25, 0.3) is 0 Å². The fourth-order valence-electron chi connectivity index (χ4n) is 6.64. The number of ketones is 1. The molecule has 0 aromatic rings. The summed E-state index contributed by atoms with van der Waals surface area (Å²) in [6, 6.07) is 0. The Labute approximate surface area is 154 Å². The van der Waals surface area contributed by atoms with Gasteiger partial charge in [0.25, 0.3) is 0 Å². The van der Waals surface area contributed by atoms with Crippen LogP contribution in [0.1, 0.15) is 58.3 Å². The van der Waals surface area contributed by atoms with Crippen molar-refractivity contribution in [3.8, 4) is 0 Å². The molecule has 3 saturated carbocycles. The summed E-state index contributed by atoms with van der Waals surface area (Å²) in [6.07, 6.45) is 12.9. The monoisotopic (exact) mass is 366 g/mol. The summed E-state index contributed by atoms with van der Waals surface area (Å²) >= 11 is 0. The van der Waals surface area contributed by atoms with Crippen molar-refractivity contribution in [3.63, 3.8) is 0 Å². The molecule has 0 amide bonds. The molecule has 4 rings (SSSR count). The first-order chi connectivity index (χ1) is 11.5. The maximum absolute atomic E-state index is 12.5. The largest absolute Gasteiger partial charge is 0.393 e. The molecule has 0 heterocycles. The third-order valence-corrected chi connectivity index (χ3v) is 9.87. The summed E-state index contributed by atoms with van der Waals surface area (Å²) in [5.41, 5.74) is 1.81. The minimum Gasteiger partial charge on any atom is -0.393 e. The lowest BCUT2D eigenvalue weighted by molar-refractivity contribution is -0.131. The Morgan fingerprint density at radius 1 is 1.25 bits per heavy atom. The van der Waals surface area contributed by atoms with Crippen molar-refractivity contribution in [2.45, 2.75) is 64.4 Å². The fourth-order valence-corrected chi connectivity index (χ4v) is 8.50. The van der Waals surface area contributed by atoms with Crippen LogP contribution in [0.5, 0.6) is 0 Å². The summed E-state index contributed by atoms with van der Waals surface area (Å²) in [7, 11) is 3.88. The molecule has 0 saturated heterocycles. The lowest BCUT2D eigenvalue weighted by atomic mass is 9.48. The Kier molecular flexibility index (Phi) is 4.62. The quantitative estimate of drug-likeness (QED) is 0.571. The predicted molar refractivity (Wildman–Crippen MR) is 103 cm³/mol. The van der Waals surface area contributed by atoms with Crippen molar-refractivity contribution in [2.75, 3.05) is 12.0 Å². The van der Waals surface area contributed by atoms with Gasteiger partial charge in [-0.05, 0) is 69.0 Å². The SMILES string of the molecule is CSSC[C@]12CC[C@H](O)CC1=CC[C@@H]1[C@@H]2CC[C@]2(C)C(=O)CC[C@@H]12. The molecular weight excluding hydrogens is 336 g/mol. The summed E-state index contributed by atoms with van der Waals surface area (Å²) in [4.78, 5) is 12.5. The molecule has 24 heavy (non-hydrogen) atoms. The molecular formula is C20H30O2S2. The van der Waals surface area contributed by atoms with Gasteiger partial charge in [0, 0.05) is 23.0 Å². The smallest absolute Gasteiger partial charge is 0.139 e. The third kappa shape index (κ3) is 2.46. The number of aliphatic hydroxyl groups excluding tert-OH is 1. The van der Waals surface area contributed by atoms with E-state index in [1.807, 2.05) is 21.6 Å². The van der Waals surface area contributed by atoms with Crippen LogP contribution in [0.15, 0.2) is 11.6 Å². The topological polar surface area (TPSA) is 37.3 Å². The number of Topliss-reactive ketones (excluding diaryl/α,β-unsaturated/α-hetero) is 1. The number of hydrogen-bond acceptors (Lipinski definition) is 4. The molecule has 2 nitrogen and oxygen atoms in total. The van der Waals surface area contributed by atoms with E-state index in [-0.39, 0.29) is 11.5 Å². The van der Waals surface area contributed by atoms with Crippen LogP contribution in [0.3, 0.4) is 0 Å². The van der Waals surface area contributed by atoms with E-state index in [4.69, 9.17) is 0 Å². The zero-order valence-electron chi connectivity index (χ0n) is 14.9. The van der Waals surface area contributed by atoms with Gasteiger partial charge in [0.1, 0.15) is 5.78 Å². The van der Waals surface area contributed by atoms with Gasteiger partial charge in [0.2, 0.25) is 0 Å². The van der Waals surface area contributed by atoms with Crippen LogP contribution < -0.4 is 0 Å².